The molecule has 0 aliphatic heterocycles. The Kier molecular flexibility index (Phi) is 48.1. The summed E-state index contributed by atoms with van der Waals surface area (Å²) in [6.07, 6.45) is 1.82. The van der Waals surface area contributed by atoms with Gasteiger partial charge in [0.2, 0.25) is 0 Å². The highest BCUT2D eigenvalue weighted by atomic mass is 35.8. The number of halogens is 3. The Morgan fingerprint density at radius 2 is 1.18 bits per heavy atom. The summed E-state index contributed by atoms with van der Waals surface area (Å²) in [5.41, 5.74) is 1.99. The fourth-order valence-corrected chi connectivity index (χ4v) is 4.19. The number of hydrogen-bond donors (Lipinski definition) is 0. The van der Waals surface area contributed by atoms with Crippen molar-refractivity contribution in [2.75, 3.05) is 0 Å². The van der Waals surface area contributed by atoms with Gasteiger partial charge in [-0.15, -0.1) is 39.8 Å². The van der Waals surface area contributed by atoms with Crippen LogP contribution in [0.1, 0.15) is 77.0 Å². The van der Waals surface area contributed by atoms with Crippen LogP contribution >= 0.6 is 55.9 Å². The fourth-order valence-electron chi connectivity index (χ4n) is 1.47. The summed E-state index contributed by atoms with van der Waals surface area (Å²) in [5, 5.41) is 7.73. The van der Waals surface area contributed by atoms with Crippen molar-refractivity contribution in [3.05, 3.63) is 57.4 Å². The van der Waals surface area contributed by atoms with E-state index in [1.165, 1.54) is 6.08 Å². The summed E-state index contributed by atoms with van der Waals surface area (Å²) < 4.78 is 9.83. The van der Waals surface area contributed by atoms with Crippen LogP contribution in [0, 0.1) is 0 Å². The van der Waals surface area contributed by atoms with Crippen molar-refractivity contribution in [3.8, 4) is 0 Å². The summed E-state index contributed by atoms with van der Waals surface area (Å²) in [6, 6.07) is 0.823. The third kappa shape index (κ3) is 29.2. The molecule has 0 aliphatic rings. The Morgan fingerprint density at radius 1 is 0.794 bits per heavy atom. The van der Waals surface area contributed by atoms with Crippen molar-refractivity contribution in [1.29, 1.82) is 0 Å². The van der Waals surface area contributed by atoms with Gasteiger partial charge in [-0.25, -0.2) is 0 Å². The highest BCUT2D eigenvalue weighted by Crippen LogP contribution is 2.25. The van der Waals surface area contributed by atoms with E-state index < -0.39 is 12.0 Å². The molecule has 34 heavy (non-hydrogen) atoms. The highest BCUT2D eigenvalue weighted by molar-refractivity contribution is 7.65. The number of ether oxygens (including phenoxy) is 2. The molecule has 0 saturated heterocycles. The van der Waals surface area contributed by atoms with Gasteiger partial charge in [0.05, 0.1) is 12.5 Å². The zero-order valence-electron chi connectivity index (χ0n) is 13.7. The first-order chi connectivity index (χ1) is 12.3. The van der Waals surface area contributed by atoms with Crippen molar-refractivity contribution in [1.82, 2.24) is 0 Å². The van der Waals surface area contributed by atoms with Crippen LogP contribution < -0.4 is 0 Å². The summed E-state index contributed by atoms with van der Waals surface area (Å²) in [7, 11) is 0. The molecule has 2 heterocycles. The number of hydrogen-bond acceptors (Lipinski definition) is 6. The molecule has 0 atom stereocenters. The average Bonchev–Trinajstić information content (AvgIpc) is 3.24. The summed E-state index contributed by atoms with van der Waals surface area (Å²) in [6.45, 7) is 4.07. The van der Waals surface area contributed by atoms with E-state index in [0.29, 0.717) is 6.61 Å². The lowest BCUT2D eigenvalue weighted by Gasteiger charge is -2.07. The predicted molar refractivity (Wildman–Crippen MR) is 165 cm³/mol. The largest absolute Gasteiger partial charge is 0.461 e. The van der Waals surface area contributed by atoms with Crippen LogP contribution in [0.4, 0.5) is 0 Å². The van der Waals surface area contributed by atoms with Gasteiger partial charge in [0.15, 0.2) is 0 Å². The van der Waals surface area contributed by atoms with E-state index in [1.54, 1.807) is 22.7 Å². The van der Waals surface area contributed by atoms with Crippen LogP contribution in [-0.2, 0) is 32.3 Å². The van der Waals surface area contributed by atoms with Crippen LogP contribution in [0.2, 0.25) is 6.04 Å². The van der Waals surface area contributed by atoms with Gasteiger partial charge >= 0.3 is 17.9 Å². The van der Waals surface area contributed by atoms with E-state index in [-0.39, 0.29) is 84.5 Å². The van der Waals surface area contributed by atoms with E-state index in [4.69, 9.17) is 42.7 Å². The van der Waals surface area contributed by atoms with Crippen molar-refractivity contribution in [2.24, 2.45) is 0 Å². The summed E-state index contributed by atoms with van der Waals surface area (Å²) in [4.78, 5) is 22.0. The SMILES string of the molecule is C.C.C.C.C.C.C.C.C=CCC(=O)OCc1ccsc1.O=C(C[Si](Cl)(Cl)Cl)OCc1ccsc1. The van der Waals surface area contributed by atoms with Gasteiger partial charge in [0.1, 0.15) is 13.2 Å². The Bertz CT molecular complexity index is 675. The lowest BCUT2D eigenvalue weighted by Crippen LogP contribution is -2.17. The molecule has 0 aromatic carbocycles. The molecule has 0 amide bonds. The second-order valence-electron chi connectivity index (χ2n) is 4.87. The molecule has 206 valence electrons. The number of rotatable bonds is 8. The maximum atomic E-state index is 11.1. The Balaban J connectivity index is -0.0000000540. The van der Waals surface area contributed by atoms with E-state index >= 15 is 0 Å². The molecule has 10 heteroatoms. The van der Waals surface area contributed by atoms with Gasteiger partial charge in [0, 0.05) is 11.1 Å². The second-order valence-corrected chi connectivity index (χ2v) is 15.6. The van der Waals surface area contributed by atoms with E-state index in [9.17, 15) is 9.59 Å². The van der Waals surface area contributed by atoms with Gasteiger partial charge in [-0.1, -0.05) is 65.5 Å². The number of carbonyl (C=O) groups is 2. The van der Waals surface area contributed by atoms with Crippen LogP contribution in [0.3, 0.4) is 0 Å². The number of esters is 2. The number of carbonyl (C=O) groups excluding carboxylic acids is 2. The van der Waals surface area contributed by atoms with Crippen LogP contribution in [0.25, 0.3) is 0 Å². The summed E-state index contributed by atoms with van der Waals surface area (Å²) in [5.74, 6) is -0.681. The first kappa shape index (κ1) is 54.2. The molecular weight excluding hydrogens is 551 g/mol. The van der Waals surface area contributed by atoms with Gasteiger partial charge in [0.25, 0.3) is 0 Å². The minimum atomic E-state index is -2.90. The Hall–Kier alpha value is -0.833. The third-order valence-corrected chi connectivity index (χ3v) is 5.97. The monoisotopic (exact) mass is 598 g/mol. The molecule has 4 nitrogen and oxygen atoms in total. The van der Waals surface area contributed by atoms with Crippen molar-refractivity contribution in [3.63, 3.8) is 0 Å². The van der Waals surface area contributed by atoms with Gasteiger partial charge < -0.3 is 9.47 Å². The molecule has 0 saturated carbocycles. The molecule has 0 bridgehead atoms. The second kappa shape index (κ2) is 30.2. The first-order valence-electron chi connectivity index (χ1n) is 7.31. The van der Waals surface area contributed by atoms with Crippen LogP contribution in [-0.4, -0.2) is 17.9 Å². The molecule has 0 unspecified atom stereocenters. The Morgan fingerprint density at radius 3 is 1.47 bits per heavy atom. The molecule has 2 aromatic rings. The van der Waals surface area contributed by atoms with Crippen molar-refractivity contribution in [2.45, 2.75) is 85.1 Å². The molecule has 0 aliphatic carbocycles. The van der Waals surface area contributed by atoms with Crippen LogP contribution in [0.15, 0.2) is 46.3 Å². The fraction of sp³-hybridized carbons (Fsp3) is 0.500. The minimum absolute atomic E-state index is 0. The molecule has 0 radical (unpaired) electrons. The predicted octanol–water partition coefficient (Wildman–Crippen LogP) is 10.9. The van der Waals surface area contributed by atoms with Crippen molar-refractivity contribution < 1.29 is 19.1 Å². The molecular formula is C24H49Cl3O4S2Si. The summed E-state index contributed by atoms with van der Waals surface area (Å²) >= 11 is 19.8. The normalized spacial score (nSPS) is 7.97. The molecule has 2 rings (SSSR count). The van der Waals surface area contributed by atoms with Crippen molar-refractivity contribution >= 4 is 73.9 Å². The van der Waals surface area contributed by atoms with E-state index in [1.807, 2.05) is 33.7 Å². The first-order valence-corrected chi connectivity index (χ1v) is 14.4. The molecule has 0 N–H and O–H groups in total. The van der Waals surface area contributed by atoms with E-state index in [0.717, 1.165) is 11.1 Å². The molecule has 2 aromatic heterocycles. The zero-order valence-corrected chi connectivity index (χ0v) is 18.6. The topological polar surface area (TPSA) is 52.6 Å². The van der Waals surface area contributed by atoms with Gasteiger partial charge in [-0.05, 0) is 33.7 Å². The third-order valence-electron chi connectivity index (χ3n) is 2.62. The maximum Gasteiger partial charge on any atom is 0.352 e. The lowest BCUT2D eigenvalue weighted by atomic mass is 10.4. The standard InChI is InChI=1S/C9H10O2S.C7H7Cl3O2SSi.8CH4/c1-2-3-9(10)11-6-8-4-5-12-7-8;8-14(9,10)5-7(11)12-3-6-1-2-13-4-6;;;;;;;;/h2,4-5,7H,1,3,6H2;1-2,4H,3,5H2;8*1H4. The maximum absolute atomic E-state index is 11.1. The van der Waals surface area contributed by atoms with Gasteiger partial charge in [-0.3, -0.25) is 9.59 Å². The zero-order chi connectivity index (χ0) is 19.4. The lowest BCUT2D eigenvalue weighted by molar-refractivity contribution is -0.144. The average molecular weight is 600 g/mol. The quantitative estimate of drug-likeness (QED) is 0.131. The Labute approximate surface area is 234 Å². The molecule has 0 fully saturated rings. The van der Waals surface area contributed by atoms with Gasteiger partial charge in [-0.2, -0.15) is 22.7 Å². The highest BCUT2D eigenvalue weighted by Gasteiger charge is 2.29. The van der Waals surface area contributed by atoms with E-state index in [2.05, 4.69) is 6.58 Å². The molecule has 0 spiro atoms. The minimum Gasteiger partial charge on any atom is -0.461 e. The smallest absolute Gasteiger partial charge is 0.352 e. The number of thiophene rings is 2. The van der Waals surface area contributed by atoms with Crippen LogP contribution in [0.5, 0.6) is 0 Å².